The number of hydrogen-bond acceptors (Lipinski definition) is 5. The van der Waals surface area contributed by atoms with Crippen LogP contribution in [0.5, 0.6) is 5.75 Å². The number of methoxy groups -OCH3 is 1. The van der Waals surface area contributed by atoms with Crippen LogP contribution in [0, 0.1) is 11.8 Å². The number of carbonyl (C=O) groups excluding carboxylic acids is 1. The highest BCUT2D eigenvalue weighted by Crippen LogP contribution is 2.37. The van der Waals surface area contributed by atoms with E-state index in [4.69, 9.17) is 16.3 Å². The molecule has 0 saturated carbocycles. The number of nitrogens with one attached hydrogen (secondary N) is 1. The maximum absolute atomic E-state index is 13.2. The third-order valence-corrected chi connectivity index (χ3v) is 6.89. The standard InChI is InChI=1S/C16H22ClN3O4S/c1-19(2)16(21)13-4-12(17)5-14(15(13)24-3)25(22,23)20-8-10-6-18-7-11(10)9-20/h4-5,10-11,18H,6-9H2,1-3H3/t10-,11+. The average Bonchev–Trinajstić information content (AvgIpc) is 3.15. The first-order valence-corrected chi connectivity index (χ1v) is 9.87. The summed E-state index contributed by atoms with van der Waals surface area (Å²) in [6.07, 6.45) is 0. The highest BCUT2D eigenvalue weighted by atomic mass is 35.5. The highest BCUT2D eigenvalue weighted by Gasteiger charge is 2.42. The van der Waals surface area contributed by atoms with Crippen molar-refractivity contribution in [3.05, 3.63) is 22.7 Å². The molecule has 2 heterocycles. The molecular formula is C16H22ClN3O4S. The molecule has 0 unspecified atom stereocenters. The lowest BCUT2D eigenvalue weighted by Gasteiger charge is -2.21. The molecule has 2 atom stereocenters. The Morgan fingerprint density at radius 1 is 1.28 bits per heavy atom. The lowest BCUT2D eigenvalue weighted by atomic mass is 10.0. The fourth-order valence-corrected chi connectivity index (χ4v) is 5.56. The van der Waals surface area contributed by atoms with Gasteiger partial charge in [-0.25, -0.2) is 8.42 Å². The molecule has 0 aromatic heterocycles. The molecule has 1 aromatic rings. The molecule has 7 nitrogen and oxygen atoms in total. The molecule has 138 valence electrons. The molecule has 9 heteroatoms. The van der Waals surface area contributed by atoms with Gasteiger partial charge >= 0.3 is 0 Å². The topological polar surface area (TPSA) is 79.0 Å². The van der Waals surface area contributed by atoms with E-state index in [1.54, 1.807) is 14.1 Å². The minimum absolute atomic E-state index is 0.0401. The van der Waals surface area contributed by atoms with Gasteiger partial charge in [0.2, 0.25) is 10.0 Å². The minimum atomic E-state index is -3.80. The van der Waals surface area contributed by atoms with E-state index in [2.05, 4.69) is 5.32 Å². The van der Waals surface area contributed by atoms with Crippen LogP contribution in [0.3, 0.4) is 0 Å². The number of rotatable bonds is 4. The number of hydrogen-bond donors (Lipinski definition) is 1. The van der Waals surface area contributed by atoms with Gasteiger partial charge in [0.15, 0.2) is 5.75 Å². The van der Waals surface area contributed by atoms with Gasteiger partial charge in [0.25, 0.3) is 5.91 Å². The SMILES string of the molecule is COc1c(C(=O)N(C)C)cc(Cl)cc1S(=O)(=O)N1C[C@H]2CNC[C@H]2C1. The molecule has 25 heavy (non-hydrogen) atoms. The minimum Gasteiger partial charge on any atom is -0.494 e. The van der Waals surface area contributed by atoms with Crippen LogP contribution in [-0.4, -0.2) is 70.9 Å². The van der Waals surface area contributed by atoms with Crippen LogP contribution < -0.4 is 10.1 Å². The predicted molar refractivity (Wildman–Crippen MR) is 94.6 cm³/mol. The Hall–Kier alpha value is -1.35. The second kappa shape index (κ2) is 6.75. The second-order valence-electron chi connectivity index (χ2n) is 6.68. The van der Waals surface area contributed by atoms with Gasteiger partial charge in [-0.1, -0.05) is 11.6 Å². The first-order chi connectivity index (χ1) is 11.8. The molecule has 0 bridgehead atoms. The fourth-order valence-electron chi connectivity index (χ4n) is 3.52. The molecule has 1 aromatic carbocycles. The summed E-state index contributed by atoms with van der Waals surface area (Å²) in [5, 5.41) is 3.47. The zero-order chi connectivity index (χ0) is 18.4. The molecule has 3 rings (SSSR count). The van der Waals surface area contributed by atoms with Gasteiger partial charge in [0.1, 0.15) is 4.90 Å². The average molecular weight is 388 g/mol. The Morgan fingerprint density at radius 3 is 2.40 bits per heavy atom. The molecular weight excluding hydrogens is 366 g/mol. The zero-order valence-corrected chi connectivity index (χ0v) is 16.0. The summed E-state index contributed by atoms with van der Waals surface area (Å²) in [4.78, 5) is 13.7. The van der Waals surface area contributed by atoms with E-state index in [0.29, 0.717) is 24.9 Å². The fraction of sp³-hybridized carbons (Fsp3) is 0.562. The van der Waals surface area contributed by atoms with Gasteiger partial charge in [0.05, 0.1) is 12.7 Å². The van der Waals surface area contributed by atoms with E-state index in [1.807, 2.05) is 0 Å². The van der Waals surface area contributed by atoms with Crippen molar-refractivity contribution in [2.45, 2.75) is 4.90 Å². The summed E-state index contributed by atoms with van der Waals surface area (Å²) in [6.45, 7) is 2.58. The predicted octanol–water partition coefficient (Wildman–Crippen LogP) is 0.890. The molecule has 1 N–H and O–H groups in total. The third-order valence-electron chi connectivity index (χ3n) is 4.83. The molecule has 2 aliphatic rings. The summed E-state index contributed by atoms with van der Waals surface area (Å²) in [5.41, 5.74) is 0.139. The Balaban J connectivity index is 2.05. The molecule has 0 spiro atoms. The van der Waals surface area contributed by atoms with E-state index in [0.717, 1.165) is 13.1 Å². The molecule has 2 fully saturated rings. The Labute approximate surface area is 152 Å². The Morgan fingerprint density at radius 2 is 1.88 bits per heavy atom. The van der Waals surface area contributed by atoms with E-state index < -0.39 is 10.0 Å². The van der Waals surface area contributed by atoms with Crippen LogP contribution in [0.15, 0.2) is 17.0 Å². The van der Waals surface area contributed by atoms with E-state index >= 15 is 0 Å². The number of amides is 1. The van der Waals surface area contributed by atoms with Crippen molar-refractivity contribution in [2.75, 3.05) is 47.4 Å². The van der Waals surface area contributed by atoms with E-state index in [9.17, 15) is 13.2 Å². The number of benzene rings is 1. The van der Waals surface area contributed by atoms with Gasteiger partial charge in [0, 0.05) is 32.2 Å². The number of nitrogens with zero attached hydrogens (tertiary/aromatic N) is 2. The van der Waals surface area contributed by atoms with Crippen molar-refractivity contribution in [1.29, 1.82) is 0 Å². The molecule has 0 aliphatic carbocycles. The lowest BCUT2D eigenvalue weighted by molar-refractivity contribution is 0.0823. The van der Waals surface area contributed by atoms with E-state index in [-0.39, 0.29) is 27.1 Å². The quantitative estimate of drug-likeness (QED) is 0.830. The van der Waals surface area contributed by atoms with Crippen LogP contribution in [0.4, 0.5) is 0 Å². The summed E-state index contributed by atoms with van der Waals surface area (Å²) in [7, 11) is 0.734. The van der Waals surface area contributed by atoms with Crippen molar-refractivity contribution in [3.8, 4) is 5.75 Å². The number of halogens is 1. The van der Waals surface area contributed by atoms with Crippen molar-refractivity contribution in [1.82, 2.24) is 14.5 Å². The monoisotopic (exact) mass is 387 g/mol. The van der Waals surface area contributed by atoms with Crippen molar-refractivity contribution in [3.63, 3.8) is 0 Å². The molecule has 2 aliphatic heterocycles. The highest BCUT2D eigenvalue weighted by molar-refractivity contribution is 7.89. The number of fused-ring (bicyclic) bond motifs is 1. The van der Waals surface area contributed by atoms with Crippen LogP contribution in [-0.2, 0) is 10.0 Å². The normalized spacial score (nSPS) is 23.5. The number of sulfonamides is 1. The number of carbonyl (C=O) groups is 1. The van der Waals surface area contributed by atoms with Gasteiger partial charge < -0.3 is 15.0 Å². The van der Waals surface area contributed by atoms with Gasteiger partial charge in [-0.2, -0.15) is 4.31 Å². The van der Waals surface area contributed by atoms with E-state index in [1.165, 1.54) is 28.4 Å². The Kier molecular flexibility index (Phi) is 4.98. The second-order valence-corrected chi connectivity index (χ2v) is 9.03. The van der Waals surface area contributed by atoms with Crippen LogP contribution in [0.2, 0.25) is 5.02 Å². The molecule has 0 radical (unpaired) electrons. The summed E-state index contributed by atoms with van der Waals surface area (Å²) < 4.78 is 33.2. The van der Waals surface area contributed by atoms with Crippen molar-refractivity contribution in [2.24, 2.45) is 11.8 Å². The van der Waals surface area contributed by atoms with Crippen LogP contribution >= 0.6 is 11.6 Å². The van der Waals surface area contributed by atoms with Crippen molar-refractivity contribution < 1.29 is 17.9 Å². The number of ether oxygens (including phenoxy) is 1. The summed E-state index contributed by atoms with van der Waals surface area (Å²) >= 11 is 6.12. The molecule has 1 amide bonds. The first-order valence-electron chi connectivity index (χ1n) is 8.05. The van der Waals surface area contributed by atoms with Gasteiger partial charge in [-0.15, -0.1) is 0 Å². The van der Waals surface area contributed by atoms with Crippen molar-refractivity contribution >= 4 is 27.5 Å². The largest absolute Gasteiger partial charge is 0.494 e. The third kappa shape index (κ3) is 3.23. The maximum Gasteiger partial charge on any atom is 0.257 e. The zero-order valence-electron chi connectivity index (χ0n) is 14.5. The molecule has 2 saturated heterocycles. The lowest BCUT2D eigenvalue weighted by Crippen LogP contribution is -2.32. The Bertz CT molecular complexity index is 785. The van der Waals surface area contributed by atoms with Crippen LogP contribution in [0.1, 0.15) is 10.4 Å². The summed E-state index contributed by atoms with van der Waals surface area (Å²) in [5.74, 6) is 0.322. The maximum atomic E-state index is 13.2. The van der Waals surface area contributed by atoms with Crippen LogP contribution in [0.25, 0.3) is 0 Å². The summed E-state index contributed by atoms with van der Waals surface area (Å²) in [6, 6.07) is 2.79. The first kappa shape index (κ1) is 18.4. The smallest absolute Gasteiger partial charge is 0.257 e. The van der Waals surface area contributed by atoms with Gasteiger partial charge in [-0.3, -0.25) is 4.79 Å². The van der Waals surface area contributed by atoms with Gasteiger partial charge in [-0.05, 0) is 37.1 Å².